The zero-order chi connectivity index (χ0) is 8.10. The van der Waals surface area contributed by atoms with Gasteiger partial charge in [0.1, 0.15) is 0 Å². The maximum atomic E-state index is 11.3. The van der Waals surface area contributed by atoms with E-state index in [1.165, 1.54) is 0 Å². The van der Waals surface area contributed by atoms with Crippen molar-refractivity contribution in [3.05, 3.63) is 0 Å². The summed E-state index contributed by atoms with van der Waals surface area (Å²) in [6.07, 6.45) is 2.13. The van der Waals surface area contributed by atoms with E-state index in [1.54, 1.807) is 0 Å². The molecule has 3 heteroatoms. The monoisotopic (exact) mass is 173 g/mol. The van der Waals surface area contributed by atoms with Crippen LogP contribution in [-0.2, 0) is 4.79 Å². The number of amides is 1. The molecular weight excluding hydrogens is 158 g/mol. The molecule has 2 nitrogen and oxygen atoms in total. The Kier molecular flexibility index (Phi) is 3.77. The van der Waals surface area contributed by atoms with E-state index in [-0.39, 0.29) is 5.91 Å². The van der Waals surface area contributed by atoms with Crippen LogP contribution in [0.3, 0.4) is 0 Å². The van der Waals surface area contributed by atoms with Crippen LogP contribution in [0.2, 0.25) is 0 Å². The quantitative estimate of drug-likeness (QED) is 0.681. The highest BCUT2D eigenvalue weighted by Crippen LogP contribution is 2.22. The lowest BCUT2D eigenvalue weighted by Gasteiger charge is -2.19. The summed E-state index contributed by atoms with van der Waals surface area (Å²) in [6, 6.07) is 0. The molecule has 1 saturated heterocycles. The molecule has 1 N–H and O–H groups in total. The van der Waals surface area contributed by atoms with Crippen LogP contribution >= 0.6 is 11.8 Å². The molecule has 0 radical (unpaired) electrons. The van der Waals surface area contributed by atoms with Gasteiger partial charge in [0.2, 0.25) is 5.91 Å². The Morgan fingerprint density at radius 1 is 1.55 bits per heavy atom. The molecule has 0 aliphatic carbocycles. The van der Waals surface area contributed by atoms with Gasteiger partial charge in [0.25, 0.3) is 0 Å². The highest BCUT2D eigenvalue weighted by atomic mass is 32.2. The molecular formula is C8H15NOS. The van der Waals surface area contributed by atoms with Crippen LogP contribution in [0.5, 0.6) is 0 Å². The lowest BCUT2D eigenvalue weighted by atomic mass is 10.0. The normalized spacial score (nSPS) is 19.7. The second-order valence-electron chi connectivity index (χ2n) is 2.78. The summed E-state index contributed by atoms with van der Waals surface area (Å²) in [7, 11) is 0. The van der Waals surface area contributed by atoms with Crippen molar-refractivity contribution in [3.63, 3.8) is 0 Å². The zero-order valence-corrected chi connectivity index (χ0v) is 7.75. The first-order chi connectivity index (χ1) is 5.34. The van der Waals surface area contributed by atoms with Gasteiger partial charge in [-0.05, 0) is 31.3 Å². The lowest BCUT2D eigenvalue weighted by molar-refractivity contribution is -0.125. The van der Waals surface area contributed by atoms with E-state index in [0.717, 1.165) is 30.9 Å². The molecule has 0 aromatic heterocycles. The molecule has 11 heavy (non-hydrogen) atoms. The minimum atomic E-state index is 0.257. The van der Waals surface area contributed by atoms with E-state index in [9.17, 15) is 4.79 Å². The molecule has 1 aliphatic rings. The van der Waals surface area contributed by atoms with Crippen molar-refractivity contribution in [2.45, 2.75) is 19.8 Å². The number of hydrogen-bond acceptors (Lipinski definition) is 2. The predicted molar refractivity (Wildman–Crippen MR) is 48.7 cm³/mol. The van der Waals surface area contributed by atoms with Crippen molar-refractivity contribution in [2.75, 3.05) is 18.1 Å². The molecule has 0 atom stereocenters. The largest absolute Gasteiger partial charge is 0.356 e. The fourth-order valence-corrected chi connectivity index (χ4v) is 2.38. The number of carbonyl (C=O) groups is 1. The molecule has 0 spiro atoms. The van der Waals surface area contributed by atoms with Crippen molar-refractivity contribution >= 4 is 17.7 Å². The Morgan fingerprint density at radius 2 is 2.18 bits per heavy atom. The van der Waals surface area contributed by atoms with Crippen LogP contribution in [-0.4, -0.2) is 24.0 Å². The summed E-state index contributed by atoms with van der Waals surface area (Å²) >= 11 is 1.95. The Labute approximate surface area is 72.1 Å². The van der Waals surface area contributed by atoms with Crippen LogP contribution in [0.4, 0.5) is 0 Å². The summed E-state index contributed by atoms with van der Waals surface area (Å²) in [5.74, 6) is 2.87. The minimum Gasteiger partial charge on any atom is -0.356 e. The van der Waals surface area contributed by atoms with Crippen LogP contribution < -0.4 is 5.32 Å². The minimum absolute atomic E-state index is 0.257. The average molecular weight is 173 g/mol. The van der Waals surface area contributed by atoms with E-state index < -0.39 is 0 Å². The Morgan fingerprint density at radius 3 is 2.73 bits per heavy atom. The number of hydrogen-bond donors (Lipinski definition) is 1. The molecule has 1 heterocycles. The fraction of sp³-hybridized carbons (Fsp3) is 0.875. The standard InChI is InChI=1S/C8H15NOS/c1-2-9-8(10)7-3-5-11-6-4-7/h7H,2-6H2,1H3,(H,9,10). The maximum Gasteiger partial charge on any atom is 0.223 e. The van der Waals surface area contributed by atoms with Gasteiger partial charge in [-0.25, -0.2) is 0 Å². The average Bonchev–Trinajstić information content (AvgIpc) is 2.07. The third-order valence-corrected chi connectivity index (χ3v) is 2.99. The molecule has 0 bridgehead atoms. The van der Waals surface area contributed by atoms with Crippen molar-refractivity contribution in [3.8, 4) is 0 Å². The highest BCUT2D eigenvalue weighted by molar-refractivity contribution is 7.99. The smallest absolute Gasteiger partial charge is 0.223 e. The first-order valence-electron chi connectivity index (χ1n) is 4.20. The summed E-state index contributed by atoms with van der Waals surface area (Å²) in [5, 5.41) is 2.87. The molecule has 1 aliphatic heterocycles. The summed E-state index contributed by atoms with van der Waals surface area (Å²) in [6.45, 7) is 2.73. The lowest BCUT2D eigenvalue weighted by Crippen LogP contribution is -2.32. The Balaban J connectivity index is 2.27. The summed E-state index contributed by atoms with van der Waals surface area (Å²) in [4.78, 5) is 11.3. The maximum absolute atomic E-state index is 11.3. The number of rotatable bonds is 2. The van der Waals surface area contributed by atoms with Gasteiger partial charge in [-0.15, -0.1) is 0 Å². The molecule has 1 fully saturated rings. The second-order valence-corrected chi connectivity index (χ2v) is 4.01. The summed E-state index contributed by atoms with van der Waals surface area (Å²) in [5.41, 5.74) is 0. The predicted octanol–water partition coefficient (Wildman–Crippen LogP) is 1.27. The van der Waals surface area contributed by atoms with Crippen LogP contribution in [0.15, 0.2) is 0 Å². The van der Waals surface area contributed by atoms with Gasteiger partial charge in [-0.3, -0.25) is 4.79 Å². The molecule has 0 aromatic rings. The Hall–Kier alpha value is -0.180. The summed E-state index contributed by atoms with van der Waals surface area (Å²) < 4.78 is 0. The SMILES string of the molecule is CCNC(=O)C1CCSCC1. The van der Waals surface area contributed by atoms with Gasteiger partial charge in [0, 0.05) is 12.5 Å². The van der Waals surface area contributed by atoms with E-state index in [2.05, 4.69) is 5.32 Å². The molecule has 0 unspecified atom stereocenters. The molecule has 64 valence electrons. The highest BCUT2D eigenvalue weighted by Gasteiger charge is 2.19. The van der Waals surface area contributed by atoms with Gasteiger partial charge >= 0.3 is 0 Å². The Bertz CT molecular complexity index is 132. The van der Waals surface area contributed by atoms with E-state index in [4.69, 9.17) is 0 Å². The second kappa shape index (κ2) is 4.65. The number of carbonyl (C=O) groups excluding carboxylic acids is 1. The third-order valence-electron chi connectivity index (χ3n) is 1.94. The first kappa shape index (κ1) is 8.91. The molecule has 1 amide bonds. The van der Waals surface area contributed by atoms with Gasteiger partial charge in [0.05, 0.1) is 0 Å². The fourth-order valence-electron chi connectivity index (χ4n) is 1.28. The van der Waals surface area contributed by atoms with Crippen LogP contribution in [0.1, 0.15) is 19.8 Å². The zero-order valence-electron chi connectivity index (χ0n) is 6.93. The van der Waals surface area contributed by atoms with Crippen LogP contribution in [0.25, 0.3) is 0 Å². The molecule has 0 saturated carbocycles. The van der Waals surface area contributed by atoms with Crippen molar-refractivity contribution < 1.29 is 4.79 Å². The van der Waals surface area contributed by atoms with Gasteiger partial charge < -0.3 is 5.32 Å². The number of thioether (sulfide) groups is 1. The topological polar surface area (TPSA) is 29.1 Å². The van der Waals surface area contributed by atoms with E-state index >= 15 is 0 Å². The van der Waals surface area contributed by atoms with Gasteiger partial charge in [0.15, 0.2) is 0 Å². The van der Waals surface area contributed by atoms with Crippen LogP contribution in [0, 0.1) is 5.92 Å². The van der Waals surface area contributed by atoms with Gasteiger partial charge in [-0.1, -0.05) is 0 Å². The van der Waals surface area contributed by atoms with Crippen molar-refractivity contribution in [1.29, 1.82) is 0 Å². The van der Waals surface area contributed by atoms with Crippen molar-refractivity contribution in [1.82, 2.24) is 5.32 Å². The van der Waals surface area contributed by atoms with Crippen molar-refractivity contribution in [2.24, 2.45) is 5.92 Å². The first-order valence-corrected chi connectivity index (χ1v) is 5.35. The molecule has 0 aromatic carbocycles. The molecule has 1 rings (SSSR count). The number of nitrogens with one attached hydrogen (secondary N) is 1. The van der Waals surface area contributed by atoms with E-state index in [0.29, 0.717) is 5.92 Å². The van der Waals surface area contributed by atoms with E-state index in [1.807, 2.05) is 18.7 Å². The third kappa shape index (κ3) is 2.73. The van der Waals surface area contributed by atoms with Gasteiger partial charge in [-0.2, -0.15) is 11.8 Å².